The Morgan fingerprint density at radius 2 is 1.74 bits per heavy atom. The Hall–Kier alpha value is -2.80. The van der Waals surface area contributed by atoms with Gasteiger partial charge in [0.1, 0.15) is 0 Å². The highest BCUT2D eigenvalue weighted by Crippen LogP contribution is 2.53. The molecule has 8 heteroatoms. The van der Waals surface area contributed by atoms with Crippen LogP contribution in [0.1, 0.15) is 23.5 Å². The molecule has 0 saturated carbocycles. The zero-order valence-electron chi connectivity index (χ0n) is 15.1. The number of carbonyl (C=O) groups excluding carboxylic acids is 1. The van der Waals surface area contributed by atoms with Crippen LogP contribution in [-0.2, 0) is 4.79 Å². The molecule has 7 nitrogen and oxygen atoms in total. The van der Waals surface area contributed by atoms with E-state index in [4.69, 9.17) is 35.3 Å². The molecule has 4 rings (SSSR count). The lowest BCUT2D eigenvalue weighted by molar-refractivity contribution is -0.116. The number of amides is 1. The van der Waals surface area contributed by atoms with Crippen molar-refractivity contribution in [3.05, 3.63) is 34.3 Å². The highest BCUT2D eigenvalue weighted by molar-refractivity contribution is 6.31. The molecule has 0 spiro atoms. The molecule has 2 aliphatic heterocycles. The smallest absolute Gasteiger partial charge is 0.231 e. The van der Waals surface area contributed by atoms with Crippen molar-refractivity contribution in [3.63, 3.8) is 0 Å². The molecule has 27 heavy (non-hydrogen) atoms. The number of hydrogen-bond acceptors (Lipinski definition) is 6. The van der Waals surface area contributed by atoms with E-state index in [-0.39, 0.29) is 25.0 Å². The van der Waals surface area contributed by atoms with E-state index in [1.54, 1.807) is 19.2 Å². The Morgan fingerprint density at radius 3 is 2.41 bits per heavy atom. The second-order valence-corrected chi connectivity index (χ2v) is 6.55. The summed E-state index contributed by atoms with van der Waals surface area (Å²) in [6.45, 7) is 0.144. The fourth-order valence-electron chi connectivity index (χ4n) is 3.58. The number of hydrogen-bond donors (Lipinski definition) is 1. The van der Waals surface area contributed by atoms with Gasteiger partial charge in [-0.3, -0.25) is 4.79 Å². The SMILES string of the molecule is COc1cc2c(c(OC)c1OC)[C@@H](c1cc3c(cc1Cl)OCO3)CC(=O)N2. The van der Waals surface area contributed by atoms with Gasteiger partial charge in [0.05, 0.1) is 27.0 Å². The largest absolute Gasteiger partial charge is 0.493 e. The first-order valence-electron chi connectivity index (χ1n) is 8.29. The molecule has 1 atom stereocenters. The summed E-state index contributed by atoms with van der Waals surface area (Å²) in [4.78, 5) is 12.4. The highest BCUT2D eigenvalue weighted by atomic mass is 35.5. The van der Waals surface area contributed by atoms with Crippen molar-refractivity contribution < 1.29 is 28.5 Å². The summed E-state index contributed by atoms with van der Waals surface area (Å²) in [7, 11) is 4.61. The van der Waals surface area contributed by atoms with Crippen LogP contribution in [0.2, 0.25) is 5.02 Å². The summed E-state index contributed by atoms with van der Waals surface area (Å²) >= 11 is 6.52. The number of halogens is 1. The first-order chi connectivity index (χ1) is 13.1. The Kier molecular flexibility index (Phi) is 4.39. The predicted molar refractivity (Wildman–Crippen MR) is 98.8 cm³/mol. The molecule has 0 aliphatic carbocycles. The quantitative estimate of drug-likeness (QED) is 0.858. The van der Waals surface area contributed by atoms with Crippen LogP contribution in [0, 0.1) is 0 Å². The molecule has 0 fully saturated rings. The molecule has 0 unspecified atom stereocenters. The molecular weight excluding hydrogens is 374 g/mol. The molecular formula is C19H18ClNO6. The second-order valence-electron chi connectivity index (χ2n) is 6.14. The Bertz CT molecular complexity index is 929. The van der Waals surface area contributed by atoms with Crippen LogP contribution in [0.4, 0.5) is 5.69 Å². The fraction of sp³-hybridized carbons (Fsp3) is 0.316. The average Bonchev–Trinajstić information content (AvgIpc) is 3.11. The van der Waals surface area contributed by atoms with Gasteiger partial charge in [0.2, 0.25) is 18.4 Å². The van der Waals surface area contributed by atoms with Crippen molar-refractivity contribution in [1.29, 1.82) is 0 Å². The molecule has 142 valence electrons. The number of methoxy groups -OCH3 is 3. The molecule has 0 aromatic heterocycles. The normalized spacial score (nSPS) is 17.2. The molecule has 2 aromatic carbocycles. The lowest BCUT2D eigenvalue weighted by Gasteiger charge is -2.30. The van der Waals surface area contributed by atoms with Gasteiger partial charge < -0.3 is 29.0 Å². The van der Waals surface area contributed by atoms with Crippen LogP contribution in [-0.4, -0.2) is 34.0 Å². The average molecular weight is 392 g/mol. The first kappa shape index (κ1) is 17.6. The second kappa shape index (κ2) is 6.74. The molecule has 2 heterocycles. The third kappa shape index (κ3) is 2.78. The summed E-state index contributed by atoms with van der Waals surface area (Å²) in [5.41, 5.74) is 2.12. The van der Waals surface area contributed by atoms with E-state index in [1.807, 2.05) is 6.07 Å². The minimum atomic E-state index is -0.342. The van der Waals surface area contributed by atoms with Crippen LogP contribution in [0.5, 0.6) is 28.7 Å². The fourth-order valence-corrected chi connectivity index (χ4v) is 3.87. The van der Waals surface area contributed by atoms with Crippen LogP contribution < -0.4 is 29.0 Å². The molecule has 1 amide bonds. The van der Waals surface area contributed by atoms with E-state index in [0.29, 0.717) is 39.5 Å². The predicted octanol–water partition coefficient (Wildman–Crippen LogP) is 3.57. The highest BCUT2D eigenvalue weighted by Gasteiger charge is 2.35. The zero-order valence-corrected chi connectivity index (χ0v) is 15.8. The van der Waals surface area contributed by atoms with E-state index in [2.05, 4.69) is 5.32 Å². The Balaban J connectivity index is 1.94. The third-order valence-corrected chi connectivity index (χ3v) is 5.08. The van der Waals surface area contributed by atoms with Crippen molar-refractivity contribution in [2.75, 3.05) is 33.4 Å². The maximum absolute atomic E-state index is 12.4. The topological polar surface area (TPSA) is 75.2 Å². The monoisotopic (exact) mass is 391 g/mol. The molecule has 2 aliphatic rings. The summed E-state index contributed by atoms with van der Waals surface area (Å²) in [5.74, 6) is 2.12. The number of fused-ring (bicyclic) bond motifs is 2. The van der Waals surface area contributed by atoms with Crippen molar-refractivity contribution in [2.45, 2.75) is 12.3 Å². The molecule has 1 N–H and O–H groups in total. The van der Waals surface area contributed by atoms with E-state index in [9.17, 15) is 4.79 Å². The van der Waals surface area contributed by atoms with Crippen molar-refractivity contribution in [1.82, 2.24) is 0 Å². The van der Waals surface area contributed by atoms with Crippen LogP contribution >= 0.6 is 11.6 Å². The Morgan fingerprint density at radius 1 is 1.04 bits per heavy atom. The summed E-state index contributed by atoms with van der Waals surface area (Å²) in [6.07, 6.45) is 0.207. The maximum Gasteiger partial charge on any atom is 0.231 e. The number of benzene rings is 2. The summed E-state index contributed by atoms with van der Waals surface area (Å²) in [5, 5.41) is 3.37. The number of rotatable bonds is 4. The minimum Gasteiger partial charge on any atom is -0.493 e. The van der Waals surface area contributed by atoms with E-state index in [0.717, 1.165) is 11.1 Å². The first-order valence-corrected chi connectivity index (χ1v) is 8.66. The van der Waals surface area contributed by atoms with Crippen LogP contribution in [0.3, 0.4) is 0 Å². The van der Waals surface area contributed by atoms with Gasteiger partial charge in [0, 0.05) is 35.1 Å². The van der Waals surface area contributed by atoms with Gasteiger partial charge in [0.25, 0.3) is 0 Å². The lowest BCUT2D eigenvalue weighted by atomic mass is 9.83. The molecule has 0 saturated heterocycles. The van der Waals surface area contributed by atoms with Gasteiger partial charge in [-0.15, -0.1) is 0 Å². The van der Waals surface area contributed by atoms with Gasteiger partial charge in [-0.1, -0.05) is 11.6 Å². The van der Waals surface area contributed by atoms with Crippen molar-refractivity contribution in [2.24, 2.45) is 0 Å². The Labute approximate surface area is 161 Å². The summed E-state index contributed by atoms with van der Waals surface area (Å²) in [6, 6.07) is 5.24. The standard InChI is InChI=1S/C19H18ClNO6/c1-23-15-7-12-17(19(25-3)18(15)24-2)10(5-16(22)21-12)9-4-13-14(6-11(9)20)27-8-26-13/h4,6-7,10H,5,8H2,1-3H3,(H,21,22)/t10-/m1/s1. The number of nitrogens with one attached hydrogen (secondary N) is 1. The van der Waals surface area contributed by atoms with E-state index in [1.165, 1.54) is 14.2 Å². The van der Waals surface area contributed by atoms with E-state index < -0.39 is 0 Å². The van der Waals surface area contributed by atoms with Gasteiger partial charge in [-0.05, 0) is 11.6 Å². The molecule has 0 bridgehead atoms. The third-order valence-electron chi connectivity index (χ3n) is 4.75. The van der Waals surface area contributed by atoms with Crippen LogP contribution in [0.25, 0.3) is 0 Å². The maximum atomic E-state index is 12.4. The lowest BCUT2D eigenvalue weighted by Crippen LogP contribution is -2.24. The van der Waals surface area contributed by atoms with Gasteiger partial charge in [-0.25, -0.2) is 0 Å². The van der Waals surface area contributed by atoms with Gasteiger partial charge in [-0.2, -0.15) is 0 Å². The van der Waals surface area contributed by atoms with Crippen LogP contribution in [0.15, 0.2) is 18.2 Å². The van der Waals surface area contributed by atoms with Gasteiger partial charge in [0.15, 0.2) is 23.0 Å². The number of anilines is 1. The van der Waals surface area contributed by atoms with E-state index >= 15 is 0 Å². The zero-order chi connectivity index (χ0) is 19.1. The molecule has 0 radical (unpaired) electrons. The summed E-state index contributed by atoms with van der Waals surface area (Å²) < 4.78 is 27.4. The number of ether oxygens (including phenoxy) is 5. The van der Waals surface area contributed by atoms with Crippen molar-refractivity contribution in [3.8, 4) is 28.7 Å². The number of carbonyl (C=O) groups is 1. The molecule has 2 aromatic rings. The minimum absolute atomic E-state index is 0.129. The van der Waals surface area contributed by atoms with Gasteiger partial charge >= 0.3 is 0 Å². The van der Waals surface area contributed by atoms with Crippen molar-refractivity contribution >= 4 is 23.2 Å².